The van der Waals surface area contributed by atoms with Crippen LogP contribution >= 0.6 is 0 Å². The van der Waals surface area contributed by atoms with E-state index in [0.717, 1.165) is 6.07 Å². The summed E-state index contributed by atoms with van der Waals surface area (Å²) in [4.78, 5) is 0. The second kappa shape index (κ2) is 3.25. The first-order valence-electron chi connectivity index (χ1n) is 6.69. The molecule has 48 valence electrons. The smallest absolute Gasteiger partial charge is 0.210 e. The highest BCUT2D eigenvalue weighted by atomic mass is 16.2. The van der Waals surface area contributed by atoms with Gasteiger partial charge in [-0.05, 0) is 11.9 Å². The van der Waals surface area contributed by atoms with Crippen molar-refractivity contribution < 1.29 is 16.1 Å². The zero-order valence-electron chi connectivity index (χ0n) is 13.5. The number of hydrogen-bond acceptors (Lipinski definition) is 1. The molecule has 0 fully saturated rings. The van der Waals surface area contributed by atoms with E-state index in [4.69, 9.17) is 12.4 Å². The maximum atomic E-state index is 7.57. The van der Waals surface area contributed by atoms with Gasteiger partial charge in [-0.15, -0.1) is 0 Å². The van der Waals surface area contributed by atoms with Gasteiger partial charge in [0.15, 0.2) is 0 Å². The summed E-state index contributed by atoms with van der Waals surface area (Å²) in [5.41, 5.74) is -0.592. The molecule has 1 aromatic rings. The van der Waals surface area contributed by atoms with Crippen molar-refractivity contribution in [3.8, 4) is 0 Å². The maximum absolute atomic E-state index is 7.57. The van der Waals surface area contributed by atoms with Gasteiger partial charge in [0.05, 0.1) is 8.22 Å². The van der Waals surface area contributed by atoms with Gasteiger partial charge in [0.25, 0.3) is 0 Å². The SMILES string of the molecule is [2H]OC([2H])([2H])C([2H])([2H])c1cc([2H])c([2H])c([2H])c1[2H]. The van der Waals surface area contributed by atoms with Gasteiger partial charge in [-0.1, -0.05) is 30.2 Å². The summed E-state index contributed by atoms with van der Waals surface area (Å²) in [6, 6.07) is -1.58. The van der Waals surface area contributed by atoms with Gasteiger partial charge < -0.3 is 5.11 Å². The van der Waals surface area contributed by atoms with E-state index in [1.165, 1.54) is 0 Å². The standard InChI is InChI=1S/C8H10O/c9-7-6-8-4-2-1-3-5-8/h1-5,9H,6-7H2/i1D,2D,3D,4D,6D2,7D2,9D. The Morgan fingerprint density at radius 1 is 1.67 bits per heavy atom. The van der Waals surface area contributed by atoms with Crippen LogP contribution in [-0.4, -0.2) is 13.1 Å². The van der Waals surface area contributed by atoms with Gasteiger partial charge in [-0.2, -0.15) is 0 Å². The molecule has 0 bridgehead atoms. The van der Waals surface area contributed by atoms with E-state index in [0.29, 0.717) is 0 Å². The lowest BCUT2D eigenvalue weighted by molar-refractivity contribution is 0.299. The molecule has 1 heteroatoms. The molecule has 1 aromatic carbocycles. The molecular weight excluding hydrogens is 112 g/mol. The second-order valence-electron chi connectivity index (χ2n) is 1.30. The topological polar surface area (TPSA) is 20.2 Å². The zero-order valence-corrected chi connectivity index (χ0v) is 4.49. The largest absolute Gasteiger partial charge is 0.396 e. The minimum absolute atomic E-state index is 0.490. The van der Waals surface area contributed by atoms with Crippen LogP contribution in [0, 0.1) is 0 Å². The predicted molar refractivity (Wildman–Crippen MR) is 37.2 cm³/mol. The molecule has 0 unspecified atom stereocenters. The molecule has 1 N–H and O–H groups in total. The molecular formula is C8H10O. The Kier molecular flexibility index (Phi) is 0.517. The van der Waals surface area contributed by atoms with Gasteiger partial charge in [0, 0.05) is 9.30 Å². The third-order valence-corrected chi connectivity index (χ3v) is 0.734. The normalized spacial score (nSPS) is 26.9. The van der Waals surface area contributed by atoms with Crippen molar-refractivity contribution in [1.82, 2.24) is 0 Å². The van der Waals surface area contributed by atoms with Crippen molar-refractivity contribution in [1.29, 1.82) is 1.43 Å². The van der Waals surface area contributed by atoms with Crippen LogP contribution in [0.15, 0.2) is 30.2 Å². The van der Waals surface area contributed by atoms with Crippen molar-refractivity contribution in [2.45, 2.75) is 6.37 Å². The molecule has 0 heterocycles. The zero-order chi connectivity index (χ0) is 14.3. The summed E-state index contributed by atoms with van der Waals surface area (Å²) in [6.45, 7) is -3.04. The first-order chi connectivity index (χ1) is 8.06. The van der Waals surface area contributed by atoms with Crippen LogP contribution in [0.2, 0.25) is 0 Å². The van der Waals surface area contributed by atoms with Crippen molar-refractivity contribution in [3.63, 3.8) is 0 Å². The number of rotatable bonds is 3. The van der Waals surface area contributed by atoms with Crippen molar-refractivity contribution in [2.75, 3.05) is 6.56 Å². The van der Waals surface area contributed by atoms with Gasteiger partial charge in [0.2, 0.25) is 1.43 Å². The fourth-order valence-corrected chi connectivity index (χ4v) is 0.401. The van der Waals surface area contributed by atoms with Crippen molar-refractivity contribution in [3.05, 3.63) is 35.8 Å². The minimum atomic E-state index is -3.04. The Balaban J connectivity index is 3.52. The van der Waals surface area contributed by atoms with E-state index in [1.807, 2.05) is 0 Å². The highest BCUT2D eigenvalue weighted by Crippen LogP contribution is 1.97. The summed E-state index contributed by atoms with van der Waals surface area (Å²) in [5.74, 6) is 0. The molecule has 1 rings (SSSR count). The second-order valence-corrected chi connectivity index (χ2v) is 1.30. The van der Waals surface area contributed by atoms with E-state index in [9.17, 15) is 0 Å². The van der Waals surface area contributed by atoms with Crippen LogP contribution < -0.4 is 0 Å². The molecule has 0 spiro atoms. The van der Waals surface area contributed by atoms with E-state index in [2.05, 4.69) is 5.11 Å². The van der Waals surface area contributed by atoms with E-state index >= 15 is 0 Å². The van der Waals surface area contributed by atoms with E-state index < -0.39 is 42.7 Å². The lowest BCUT2D eigenvalue weighted by Gasteiger charge is -1.93. The third kappa shape index (κ3) is 1.86. The lowest BCUT2D eigenvalue weighted by Crippen LogP contribution is -1.88. The molecule has 0 aliphatic carbocycles. The summed E-state index contributed by atoms with van der Waals surface area (Å²) < 4.78 is 65.7. The highest BCUT2D eigenvalue weighted by molar-refractivity contribution is 5.14. The van der Waals surface area contributed by atoms with Crippen molar-refractivity contribution >= 4 is 0 Å². The first-order valence-corrected chi connectivity index (χ1v) is 2.28. The predicted octanol–water partition coefficient (Wildman–Crippen LogP) is 1.22. The number of hydrogen-bond donors (Lipinski definition) is 1. The van der Waals surface area contributed by atoms with Crippen LogP contribution in [-0.2, 0) is 6.37 Å². The molecule has 0 saturated heterocycles. The highest BCUT2D eigenvalue weighted by Gasteiger charge is 1.85. The van der Waals surface area contributed by atoms with Crippen molar-refractivity contribution in [2.24, 2.45) is 0 Å². The van der Waals surface area contributed by atoms with Crippen LogP contribution in [0.5, 0.6) is 0 Å². The fraction of sp³-hybridized carbons (Fsp3) is 0.250. The van der Waals surface area contributed by atoms with Gasteiger partial charge in [-0.3, -0.25) is 0 Å². The van der Waals surface area contributed by atoms with Crippen LogP contribution in [0.3, 0.4) is 0 Å². The summed E-state index contributed by atoms with van der Waals surface area (Å²) in [6.07, 6.45) is -2.88. The van der Waals surface area contributed by atoms with Gasteiger partial charge >= 0.3 is 0 Å². The molecule has 0 radical (unpaired) electrons. The Morgan fingerprint density at radius 2 is 2.67 bits per heavy atom. The Labute approximate surface area is 67.7 Å². The molecule has 0 atom stereocenters. The maximum Gasteiger partial charge on any atom is 0.210 e. The Hall–Kier alpha value is -0.820. The summed E-state index contributed by atoms with van der Waals surface area (Å²) in [7, 11) is 0. The average molecular weight is 131 g/mol. The van der Waals surface area contributed by atoms with E-state index in [-0.39, 0.29) is 0 Å². The average Bonchev–Trinajstić information content (AvgIpc) is 2.30. The molecule has 1 nitrogen and oxygen atoms in total. The third-order valence-electron chi connectivity index (χ3n) is 0.734. The quantitative estimate of drug-likeness (QED) is 0.654. The molecule has 0 amide bonds. The van der Waals surface area contributed by atoms with Gasteiger partial charge in [0.1, 0.15) is 0 Å². The molecule has 0 saturated carbocycles. The lowest BCUT2D eigenvalue weighted by atomic mass is 10.2. The Morgan fingerprint density at radius 3 is 3.56 bits per heavy atom. The number of aliphatic hydroxyl groups is 1. The van der Waals surface area contributed by atoms with Gasteiger partial charge in [-0.25, -0.2) is 0 Å². The van der Waals surface area contributed by atoms with Crippen LogP contribution in [0.25, 0.3) is 0 Å². The van der Waals surface area contributed by atoms with Crippen LogP contribution in [0.1, 0.15) is 16.5 Å². The minimum Gasteiger partial charge on any atom is -0.396 e. The Bertz CT molecular complexity index is 470. The molecule has 0 aliphatic rings. The fourth-order valence-electron chi connectivity index (χ4n) is 0.401. The van der Waals surface area contributed by atoms with E-state index in [1.54, 1.807) is 0 Å². The number of aryl methyl sites for hydroxylation is 1. The van der Waals surface area contributed by atoms with Crippen LogP contribution in [0.4, 0.5) is 0 Å². The molecule has 0 aromatic heterocycles. The summed E-state index contributed by atoms with van der Waals surface area (Å²) in [5, 5.41) is 3.68. The monoisotopic (exact) mass is 131 g/mol. The molecule has 9 heavy (non-hydrogen) atoms. The molecule has 0 aliphatic heterocycles. The summed E-state index contributed by atoms with van der Waals surface area (Å²) >= 11 is 0. The first kappa shape index (κ1) is 1.43. The number of benzene rings is 1.